The molecule has 0 amide bonds. The SMILES string of the molecule is CCCCCCCCCCCC(=O)O[C@H](COC(=O)CCCCCCC)COP(=O)(O)OC[C@H](O)COP(=O)(O)OC[C@@H](COC(=O)CCCCCCCCCCC(C)C)OC(=O)CCCCCCCCCCCCCCCCCCCCC(C)C. The minimum atomic E-state index is -4.95. The number of ether oxygens (including phenoxy) is 4. The van der Waals surface area contributed by atoms with Gasteiger partial charge in [0.15, 0.2) is 12.2 Å². The fourth-order valence-electron chi connectivity index (χ4n) is 10.1. The first kappa shape index (κ1) is 84.1. The van der Waals surface area contributed by atoms with Crippen molar-refractivity contribution in [2.24, 2.45) is 11.8 Å². The Labute approximate surface area is 524 Å². The van der Waals surface area contributed by atoms with Crippen LogP contribution in [0, 0.1) is 11.8 Å². The summed E-state index contributed by atoms with van der Waals surface area (Å²) in [6, 6.07) is 0. The van der Waals surface area contributed by atoms with Crippen LogP contribution in [-0.2, 0) is 65.4 Å². The van der Waals surface area contributed by atoms with Gasteiger partial charge >= 0.3 is 39.5 Å². The molecule has 0 fully saturated rings. The molecule has 510 valence electrons. The molecule has 0 aliphatic carbocycles. The minimum absolute atomic E-state index is 0.105. The summed E-state index contributed by atoms with van der Waals surface area (Å²) in [5.74, 6) is -0.596. The fourth-order valence-corrected chi connectivity index (χ4v) is 11.6. The molecule has 5 atom stereocenters. The Morgan fingerprint density at radius 1 is 0.314 bits per heavy atom. The Balaban J connectivity index is 5.08. The van der Waals surface area contributed by atoms with Crippen LogP contribution in [0.15, 0.2) is 0 Å². The highest BCUT2D eigenvalue weighted by atomic mass is 31.2. The van der Waals surface area contributed by atoms with Crippen LogP contribution >= 0.6 is 15.6 Å². The van der Waals surface area contributed by atoms with E-state index in [1.54, 1.807) is 0 Å². The summed E-state index contributed by atoms with van der Waals surface area (Å²) in [4.78, 5) is 72.0. The third kappa shape index (κ3) is 60.9. The first-order chi connectivity index (χ1) is 41.4. The van der Waals surface area contributed by atoms with Gasteiger partial charge in [-0.3, -0.25) is 37.3 Å². The van der Waals surface area contributed by atoms with Crippen molar-refractivity contribution in [2.75, 3.05) is 39.6 Å². The molecule has 0 spiro atoms. The highest BCUT2D eigenvalue weighted by Crippen LogP contribution is 2.45. The standard InChI is InChI=1S/C67H130O17P2/c1-7-9-11-13-14-25-33-39-45-51-66(71)83-62(55-77-64(69)49-43-35-12-10-8-2)57-81-85(73,74)79-53-61(68)54-80-86(75,76)82-58-63(56-78-65(70)50-44-38-32-29-28-31-37-42-48-60(5)6)84-67(72)52-46-40-34-27-24-22-20-18-16-15-17-19-21-23-26-30-36-41-47-59(3)4/h59-63,68H,7-58H2,1-6H3,(H,73,74)(H,75,76)/t61-,62+,63+/m0/s1. The number of hydrogen-bond acceptors (Lipinski definition) is 15. The Hall–Kier alpha value is -1.94. The van der Waals surface area contributed by atoms with Gasteiger partial charge in [-0.25, -0.2) is 9.13 Å². The van der Waals surface area contributed by atoms with Crippen LogP contribution in [0.3, 0.4) is 0 Å². The van der Waals surface area contributed by atoms with Crippen molar-refractivity contribution in [2.45, 2.75) is 355 Å². The Morgan fingerprint density at radius 2 is 0.535 bits per heavy atom. The number of phosphoric ester groups is 2. The van der Waals surface area contributed by atoms with Gasteiger partial charge in [-0.05, 0) is 37.5 Å². The number of hydrogen-bond donors (Lipinski definition) is 3. The number of aliphatic hydroxyl groups excluding tert-OH is 1. The molecule has 17 nitrogen and oxygen atoms in total. The number of carbonyl (C=O) groups is 4. The maximum Gasteiger partial charge on any atom is 0.472 e. The Morgan fingerprint density at radius 3 is 0.791 bits per heavy atom. The van der Waals surface area contributed by atoms with E-state index >= 15 is 0 Å². The average molecular weight is 1270 g/mol. The molecule has 0 heterocycles. The second-order valence-corrected chi connectivity index (χ2v) is 28.1. The quantitative estimate of drug-likeness (QED) is 0.0222. The predicted octanol–water partition coefficient (Wildman–Crippen LogP) is 18.8. The fraction of sp³-hybridized carbons (Fsp3) is 0.940. The summed E-state index contributed by atoms with van der Waals surface area (Å²) < 4.78 is 67.8. The Kier molecular flexibility index (Phi) is 58.0. The molecular weight excluding hydrogens is 1140 g/mol. The second kappa shape index (κ2) is 59.4. The maximum atomic E-state index is 13.0. The summed E-state index contributed by atoms with van der Waals surface area (Å²) in [5, 5.41) is 10.5. The van der Waals surface area contributed by atoms with Gasteiger partial charge in [0.2, 0.25) is 0 Å². The van der Waals surface area contributed by atoms with E-state index in [9.17, 15) is 43.2 Å². The molecule has 0 aromatic rings. The minimum Gasteiger partial charge on any atom is -0.462 e. The lowest BCUT2D eigenvalue weighted by Gasteiger charge is -2.21. The molecule has 0 aromatic carbocycles. The van der Waals surface area contributed by atoms with Crippen LogP contribution in [0.2, 0.25) is 0 Å². The molecule has 2 unspecified atom stereocenters. The zero-order valence-corrected chi connectivity index (χ0v) is 57.4. The van der Waals surface area contributed by atoms with Crippen molar-refractivity contribution in [3.8, 4) is 0 Å². The van der Waals surface area contributed by atoms with E-state index in [4.69, 9.17) is 37.0 Å². The number of esters is 4. The molecule has 0 saturated carbocycles. The number of unbranched alkanes of at least 4 members (excludes halogenated alkanes) is 36. The third-order valence-corrected chi connectivity index (χ3v) is 17.4. The van der Waals surface area contributed by atoms with Gasteiger partial charge < -0.3 is 33.8 Å². The molecule has 19 heteroatoms. The monoisotopic (exact) mass is 1270 g/mol. The van der Waals surface area contributed by atoms with Gasteiger partial charge in [0.25, 0.3) is 0 Å². The molecule has 86 heavy (non-hydrogen) atoms. The van der Waals surface area contributed by atoms with Crippen LogP contribution in [0.4, 0.5) is 0 Å². The smallest absolute Gasteiger partial charge is 0.462 e. The Bertz CT molecular complexity index is 1680. The predicted molar refractivity (Wildman–Crippen MR) is 345 cm³/mol. The summed E-state index contributed by atoms with van der Waals surface area (Å²) in [7, 11) is -9.88. The van der Waals surface area contributed by atoms with Crippen molar-refractivity contribution in [1.82, 2.24) is 0 Å². The largest absolute Gasteiger partial charge is 0.472 e. The molecule has 0 rings (SSSR count). The maximum absolute atomic E-state index is 13.0. The van der Waals surface area contributed by atoms with Gasteiger partial charge in [-0.15, -0.1) is 0 Å². The third-order valence-electron chi connectivity index (χ3n) is 15.5. The van der Waals surface area contributed by atoms with E-state index in [1.807, 2.05) is 0 Å². The second-order valence-electron chi connectivity index (χ2n) is 25.2. The molecule has 0 saturated heterocycles. The zero-order valence-electron chi connectivity index (χ0n) is 55.6. The van der Waals surface area contributed by atoms with Crippen molar-refractivity contribution in [3.63, 3.8) is 0 Å². The van der Waals surface area contributed by atoms with Gasteiger partial charge in [0.05, 0.1) is 26.4 Å². The average Bonchev–Trinajstić information content (AvgIpc) is 3.68. The molecule has 0 bridgehead atoms. The van der Waals surface area contributed by atoms with Crippen LogP contribution in [0.1, 0.15) is 337 Å². The topological polar surface area (TPSA) is 237 Å². The molecule has 0 aliphatic heterocycles. The number of aliphatic hydroxyl groups is 1. The van der Waals surface area contributed by atoms with E-state index in [0.29, 0.717) is 25.7 Å². The van der Waals surface area contributed by atoms with Crippen LogP contribution in [0.25, 0.3) is 0 Å². The lowest BCUT2D eigenvalue weighted by Crippen LogP contribution is -2.30. The van der Waals surface area contributed by atoms with Gasteiger partial charge in [0, 0.05) is 25.7 Å². The molecule has 0 aromatic heterocycles. The number of phosphoric acid groups is 2. The van der Waals surface area contributed by atoms with Gasteiger partial charge in [0.1, 0.15) is 19.3 Å². The van der Waals surface area contributed by atoms with Crippen LogP contribution < -0.4 is 0 Å². The highest BCUT2D eigenvalue weighted by Gasteiger charge is 2.30. The van der Waals surface area contributed by atoms with Gasteiger partial charge in [-0.1, -0.05) is 286 Å². The summed E-state index contributed by atoms with van der Waals surface area (Å²) in [6.07, 6.45) is 43.6. The van der Waals surface area contributed by atoms with Gasteiger partial charge in [-0.2, -0.15) is 0 Å². The molecule has 0 radical (unpaired) electrons. The summed E-state index contributed by atoms with van der Waals surface area (Å²) in [5.41, 5.74) is 0. The van der Waals surface area contributed by atoms with Crippen molar-refractivity contribution in [3.05, 3.63) is 0 Å². The van der Waals surface area contributed by atoms with E-state index in [2.05, 4.69) is 41.5 Å². The van der Waals surface area contributed by atoms with E-state index in [0.717, 1.165) is 108 Å². The normalized spacial score (nSPS) is 14.2. The first-order valence-electron chi connectivity index (χ1n) is 35.0. The van der Waals surface area contributed by atoms with E-state index in [1.165, 1.54) is 148 Å². The highest BCUT2D eigenvalue weighted by molar-refractivity contribution is 7.47. The van der Waals surface area contributed by atoms with Crippen LogP contribution in [-0.4, -0.2) is 96.7 Å². The lowest BCUT2D eigenvalue weighted by atomic mass is 10.0. The van der Waals surface area contributed by atoms with E-state index < -0.39 is 97.5 Å². The number of carbonyl (C=O) groups excluding carboxylic acids is 4. The molecule has 0 aliphatic rings. The van der Waals surface area contributed by atoms with Crippen LogP contribution in [0.5, 0.6) is 0 Å². The first-order valence-corrected chi connectivity index (χ1v) is 38.0. The summed E-state index contributed by atoms with van der Waals surface area (Å²) in [6.45, 7) is 9.41. The number of rotatable bonds is 66. The van der Waals surface area contributed by atoms with E-state index in [-0.39, 0.29) is 25.7 Å². The van der Waals surface area contributed by atoms with Crippen molar-refractivity contribution in [1.29, 1.82) is 0 Å². The molecule has 3 N–H and O–H groups in total. The molecular formula is C67H130O17P2. The van der Waals surface area contributed by atoms with Crippen molar-refractivity contribution >= 4 is 39.5 Å². The zero-order chi connectivity index (χ0) is 63.6. The summed E-state index contributed by atoms with van der Waals surface area (Å²) >= 11 is 0. The lowest BCUT2D eigenvalue weighted by molar-refractivity contribution is -0.161. The van der Waals surface area contributed by atoms with Crippen molar-refractivity contribution < 1.29 is 80.2 Å².